The Morgan fingerprint density at radius 3 is 2.81 bits per heavy atom. The summed E-state index contributed by atoms with van der Waals surface area (Å²) in [7, 11) is 0. The summed E-state index contributed by atoms with van der Waals surface area (Å²) in [4.78, 5) is 15.1. The molecule has 3 nitrogen and oxygen atoms in total. The lowest BCUT2D eigenvalue weighted by molar-refractivity contribution is 0.0996. The maximum absolute atomic E-state index is 11.0. The van der Waals surface area contributed by atoms with Crippen molar-refractivity contribution in [1.82, 2.24) is 4.98 Å². The van der Waals surface area contributed by atoms with Crippen molar-refractivity contribution in [1.29, 1.82) is 0 Å². The number of hydrogen-bond acceptors (Lipinski definition) is 3. The fourth-order valence-electron chi connectivity index (χ4n) is 1.75. The number of nitrogens with zero attached hydrogens (tertiary/aromatic N) is 1. The topological polar surface area (TPSA) is 56.0 Å². The maximum atomic E-state index is 11.0. The first kappa shape index (κ1) is 9.30. The molecule has 2 heterocycles. The number of fused-ring (bicyclic) bond motifs is 3. The molecule has 16 heavy (non-hydrogen) atoms. The average molecular weight is 228 g/mol. The van der Waals surface area contributed by atoms with E-state index < -0.39 is 5.91 Å². The smallest absolute Gasteiger partial charge is 0.267 e. The van der Waals surface area contributed by atoms with Crippen molar-refractivity contribution in [3.63, 3.8) is 0 Å². The van der Waals surface area contributed by atoms with Crippen LogP contribution in [0.4, 0.5) is 0 Å². The molecule has 2 N–H and O–H groups in total. The Kier molecular flexibility index (Phi) is 1.91. The number of nitrogens with two attached hydrogens (primary N) is 1. The minimum absolute atomic E-state index is 0.319. The number of thiophene rings is 1. The number of rotatable bonds is 1. The number of benzene rings is 1. The summed E-state index contributed by atoms with van der Waals surface area (Å²) < 4.78 is 2.24. The maximum Gasteiger partial charge on any atom is 0.267 e. The zero-order valence-electron chi connectivity index (χ0n) is 8.31. The standard InChI is InChI=1S/C12H8N2OS/c13-12(15)9-5-11-8(6-14-9)7-3-1-2-4-10(7)16-11/h1-6H,(H2,13,15). The summed E-state index contributed by atoms with van der Waals surface area (Å²) in [6.45, 7) is 0. The molecule has 2 aromatic heterocycles. The van der Waals surface area contributed by atoms with Crippen molar-refractivity contribution in [3.05, 3.63) is 42.2 Å². The number of carbonyl (C=O) groups excluding carboxylic acids is 1. The quantitative estimate of drug-likeness (QED) is 0.695. The molecule has 0 unspecified atom stereocenters. The molecule has 0 atom stereocenters. The monoisotopic (exact) mass is 228 g/mol. The first-order valence-corrected chi connectivity index (χ1v) is 5.64. The normalized spacial score (nSPS) is 11.0. The fraction of sp³-hybridized carbons (Fsp3) is 0. The third kappa shape index (κ3) is 1.27. The van der Waals surface area contributed by atoms with Gasteiger partial charge in [-0.05, 0) is 12.1 Å². The highest BCUT2D eigenvalue weighted by atomic mass is 32.1. The highest BCUT2D eigenvalue weighted by Crippen LogP contribution is 2.33. The van der Waals surface area contributed by atoms with Gasteiger partial charge in [-0.3, -0.25) is 9.78 Å². The van der Waals surface area contributed by atoms with Crippen molar-refractivity contribution in [2.24, 2.45) is 5.73 Å². The van der Waals surface area contributed by atoms with Crippen LogP contribution in [0, 0.1) is 0 Å². The van der Waals surface area contributed by atoms with E-state index in [4.69, 9.17) is 5.73 Å². The van der Waals surface area contributed by atoms with Crippen molar-refractivity contribution >= 4 is 37.4 Å². The van der Waals surface area contributed by atoms with Gasteiger partial charge in [-0.15, -0.1) is 11.3 Å². The molecular formula is C12H8N2OS. The molecule has 4 heteroatoms. The summed E-state index contributed by atoms with van der Waals surface area (Å²) in [5.41, 5.74) is 5.52. The first-order chi connectivity index (χ1) is 7.75. The van der Waals surface area contributed by atoms with Gasteiger partial charge in [0.15, 0.2) is 0 Å². The van der Waals surface area contributed by atoms with Crippen molar-refractivity contribution in [2.45, 2.75) is 0 Å². The lowest BCUT2D eigenvalue weighted by Gasteiger charge is -1.94. The highest BCUT2D eigenvalue weighted by molar-refractivity contribution is 7.25. The van der Waals surface area contributed by atoms with Crippen molar-refractivity contribution in [2.75, 3.05) is 0 Å². The molecule has 0 aliphatic rings. The molecule has 0 radical (unpaired) electrons. The zero-order valence-corrected chi connectivity index (χ0v) is 9.12. The van der Waals surface area contributed by atoms with Gasteiger partial charge >= 0.3 is 0 Å². The van der Waals surface area contributed by atoms with Gasteiger partial charge in [0.25, 0.3) is 5.91 Å². The van der Waals surface area contributed by atoms with E-state index in [0.717, 1.165) is 10.1 Å². The largest absolute Gasteiger partial charge is 0.364 e. The summed E-state index contributed by atoms with van der Waals surface area (Å²) in [5.74, 6) is -0.487. The summed E-state index contributed by atoms with van der Waals surface area (Å²) in [5, 5.41) is 2.25. The second-order valence-electron chi connectivity index (χ2n) is 3.53. The molecule has 1 aromatic carbocycles. The van der Waals surface area contributed by atoms with Crippen LogP contribution >= 0.6 is 11.3 Å². The highest BCUT2D eigenvalue weighted by Gasteiger charge is 2.08. The molecule has 1 amide bonds. The van der Waals surface area contributed by atoms with Crippen LogP contribution in [0.5, 0.6) is 0 Å². The lowest BCUT2D eigenvalue weighted by atomic mass is 10.2. The van der Waals surface area contributed by atoms with Crippen LogP contribution < -0.4 is 5.73 Å². The van der Waals surface area contributed by atoms with Crippen LogP contribution in [0.1, 0.15) is 10.5 Å². The zero-order chi connectivity index (χ0) is 11.1. The second kappa shape index (κ2) is 3.28. The molecule has 3 rings (SSSR count). The molecule has 0 saturated heterocycles. The molecule has 0 spiro atoms. The van der Waals surface area contributed by atoms with E-state index in [9.17, 15) is 4.79 Å². The molecule has 0 aliphatic carbocycles. The predicted molar refractivity (Wildman–Crippen MR) is 65.6 cm³/mol. The Balaban J connectivity index is 2.41. The van der Waals surface area contributed by atoms with Crippen molar-refractivity contribution < 1.29 is 4.79 Å². The molecule has 0 saturated carbocycles. The van der Waals surface area contributed by atoms with Crippen LogP contribution in [-0.2, 0) is 0 Å². The summed E-state index contributed by atoms with van der Waals surface area (Å²) in [6, 6.07) is 9.86. The SMILES string of the molecule is NC(=O)c1cc2sc3ccccc3c2cn1. The van der Waals surface area contributed by atoms with Gasteiger partial charge in [0, 0.05) is 26.4 Å². The van der Waals surface area contributed by atoms with E-state index in [1.165, 1.54) is 10.1 Å². The van der Waals surface area contributed by atoms with Crippen LogP contribution in [0.2, 0.25) is 0 Å². The molecule has 0 fully saturated rings. The Morgan fingerprint density at radius 2 is 2.00 bits per heavy atom. The van der Waals surface area contributed by atoms with Crippen LogP contribution in [0.25, 0.3) is 20.2 Å². The Bertz CT molecular complexity index is 702. The number of hydrogen-bond donors (Lipinski definition) is 1. The number of aromatic nitrogens is 1. The Morgan fingerprint density at radius 1 is 1.19 bits per heavy atom. The molecular weight excluding hydrogens is 220 g/mol. The van der Waals surface area contributed by atoms with Crippen LogP contribution in [-0.4, -0.2) is 10.9 Å². The molecule has 3 aromatic rings. The summed E-state index contributed by atoms with van der Waals surface area (Å²) in [6.07, 6.45) is 1.72. The van der Waals surface area contributed by atoms with Gasteiger partial charge in [-0.1, -0.05) is 18.2 Å². The van der Waals surface area contributed by atoms with Gasteiger partial charge in [0.2, 0.25) is 0 Å². The first-order valence-electron chi connectivity index (χ1n) is 4.83. The van der Waals surface area contributed by atoms with E-state index in [0.29, 0.717) is 5.69 Å². The van der Waals surface area contributed by atoms with Crippen LogP contribution in [0.3, 0.4) is 0 Å². The van der Waals surface area contributed by atoms with E-state index in [1.54, 1.807) is 23.6 Å². The number of amides is 1. The van der Waals surface area contributed by atoms with Gasteiger partial charge in [0.05, 0.1) is 0 Å². The van der Waals surface area contributed by atoms with Crippen molar-refractivity contribution in [3.8, 4) is 0 Å². The Labute approximate surface area is 95.5 Å². The van der Waals surface area contributed by atoms with E-state index in [-0.39, 0.29) is 0 Å². The number of primary amides is 1. The third-order valence-corrected chi connectivity index (χ3v) is 3.65. The second-order valence-corrected chi connectivity index (χ2v) is 4.61. The van der Waals surface area contributed by atoms with E-state index >= 15 is 0 Å². The Hall–Kier alpha value is -1.94. The van der Waals surface area contributed by atoms with Gasteiger partial charge in [-0.25, -0.2) is 0 Å². The van der Waals surface area contributed by atoms with Crippen LogP contribution in [0.15, 0.2) is 36.5 Å². The van der Waals surface area contributed by atoms with Gasteiger partial charge in [0.1, 0.15) is 5.69 Å². The van der Waals surface area contributed by atoms with E-state index in [1.807, 2.05) is 12.1 Å². The number of carbonyl (C=O) groups is 1. The summed E-state index contributed by atoms with van der Waals surface area (Å²) >= 11 is 1.65. The minimum atomic E-state index is -0.487. The van der Waals surface area contributed by atoms with E-state index in [2.05, 4.69) is 17.1 Å². The van der Waals surface area contributed by atoms with Gasteiger partial charge < -0.3 is 5.73 Å². The molecule has 0 bridgehead atoms. The van der Waals surface area contributed by atoms with Gasteiger partial charge in [-0.2, -0.15) is 0 Å². The third-order valence-electron chi connectivity index (χ3n) is 2.52. The minimum Gasteiger partial charge on any atom is -0.364 e. The lowest BCUT2D eigenvalue weighted by Crippen LogP contribution is -2.12. The predicted octanol–water partition coefficient (Wildman–Crippen LogP) is 2.55. The molecule has 78 valence electrons. The molecule has 0 aliphatic heterocycles. The number of pyridine rings is 1. The fourth-order valence-corrected chi connectivity index (χ4v) is 2.87. The average Bonchev–Trinajstić information content (AvgIpc) is 2.66.